The lowest BCUT2D eigenvalue weighted by Gasteiger charge is -2.17. The zero-order valence-electron chi connectivity index (χ0n) is 12.6. The molecular formula is C15H16F2N4O2. The van der Waals surface area contributed by atoms with Crippen LogP contribution in [0.5, 0.6) is 0 Å². The van der Waals surface area contributed by atoms with Crippen molar-refractivity contribution >= 4 is 28.9 Å². The van der Waals surface area contributed by atoms with Crippen LogP contribution < -0.4 is 5.32 Å². The number of hydrogen-bond acceptors (Lipinski definition) is 3. The second kappa shape index (κ2) is 5.60. The fraction of sp³-hybridized carbons (Fsp3) is 0.400. The highest BCUT2D eigenvalue weighted by atomic mass is 19.3. The number of aldehydes is 1. The number of aryl methyl sites for hydroxylation is 1. The van der Waals surface area contributed by atoms with Gasteiger partial charge in [0.1, 0.15) is 5.69 Å². The van der Waals surface area contributed by atoms with Gasteiger partial charge in [-0.1, -0.05) is 0 Å². The number of nitrogens with zero attached hydrogens (tertiary/aromatic N) is 3. The van der Waals surface area contributed by atoms with Crippen LogP contribution in [0.2, 0.25) is 0 Å². The van der Waals surface area contributed by atoms with Crippen molar-refractivity contribution in [1.82, 2.24) is 14.7 Å². The van der Waals surface area contributed by atoms with E-state index in [1.807, 2.05) is 6.92 Å². The molecule has 23 heavy (non-hydrogen) atoms. The summed E-state index contributed by atoms with van der Waals surface area (Å²) in [6.07, 6.45) is 0.332. The van der Waals surface area contributed by atoms with Crippen LogP contribution in [0.15, 0.2) is 18.2 Å². The van der Waals surface area contributed by atoms with E-state index in [1.54, 1.807) is 22.9 Å². The van der Waals surface area contributed by atoms with Crippen LogP contribution in [-0.2, 0) is 6.54 Å². The van der Waals surface area contributed by atoms with Crippen LogP contribution in [-0.4, -0.2) is 46.0 Å². The molecular weight excluding hydrogens is 306 g/mol. The van der Waals surface area contributed by atoms with Crippen molar-refractivity contribution in [3.05, 3.63) is 23.9 Å². The molecule has 1 aliphatic rings. The van der Waals surface area contributed by atoms with Crippen molar-refractivity contribution in [2.75, 3.05) is 18.4 Å². The summed E-state index contributed by atoms with van der Waals surface area (Å²) in [5, 5.41) is 7.38. The molecule has 6 nitrogen and oxygen atoms in total. The zero-order chi connectivity index (χ0) is 16.6. The summed E-state index contributed by atoms with van der Waals surface area (Å²) >= 11 is 0. The molecule has 122 valence electrons. The minimum absolute atomic E-state index is 0.0223. The summed E-state index contributed by atoms with van der Waals surface area (Å²) in [5.41, 5.74) is 1.50. The molecule has 0 saturated carbocycles. The zero-order valence-corrected chi connectivity index (χ0v) is 12.6. The second-order valence-corrected chi connectivity index (χ2v) is 5.51. The summed E-state index contributed by atoms with van der Waals surface area (Å²) in [5.74, 6) is -2.83. The molecule has 0 unspecified atom stereocenters. The lowest BCUT2D eigenvalue weighted by molar-refractivity contribution is 0.0159. The Kier molecular flexibility index (Phi) is 3.75. The third kappa shape index (κ3) is 2.88. The van der Waals surface area contributed by atoms with Gasteiger partial charge in [0.15, 0.2) is 6.29 Å². The van der Waals surface area contributed by atoms with Crippen molar-refractivity contribution in [2.24, 2.45) is 0 Å². The van der Waals surface area contributed by atoms with Gasteiger partial charge in [0.25, 0.3) is 5.92 Å². The summed E-state index contributed by atoms with van der Waals surface area (Å²) in [6.45, 7) is 1.96. The third-order valence-electron chi connectivity index (χ3n) is 3.90. The number of halogens is 2. The molecule has 1 saturated heterocycles. The monoisotopic (exact) mass is 322 g/mol. The van der Waals surface area contributed by atoms with E-state index in [4.69, 9.17) is 0 Å². The van der Waals surface area contributed by atoms with Crippen LogP contribution in [0.25, 0.3) is 10.9 Å². The number of aromatic nitrogens is 2. The Hall–Kier alpha value is -2.51. The number of hydrogen-bond donors (Lipinski definition) is 1. The summed E-state index contributed by atoms with van der Waals surface area (Å²) in [7, 11) is 0. The number of urea groups is 1. The number of benzene rings is 1. The Bertz CT molecular complexity index is 772. The summed E-state index contributed by atoms with van der Waals surface area (Å²) in [6, 6.07) is 4.46. The lowest BCUT2D eigenvalue weighted by atomic mass is 10.2. The number of amides is 2. The molecule has 1 aromatic heterocycles. The number of carbonyl (C=O) groups is 2. The topological polar surface area (TPSA) is 67.2 Å². The van der Waals surface area contributed by atoms with Gasteiger partial charge in [-0.25, -0.2) is 13.6 Å². The number of carbonyl (C=O) groups excluding carboxylic acids is 2. The van der Waals surface area contributed by atoms with Crippen LogP contribution in [0.1, 0.15) is 23.8 Å². The molecule has 8 heteroatoms. The van der Waals surface area contributed by atoms with Crippen molar-refractivity contribution in [3.8, 4) is 0 Å². The first kappa shape index (κ1) is 15.4. The van der Waals surface area contributed by atoms with Crippen molar-refractivity contribution in [1.29, 1.82) is 0 Å². The summed E-state index contributed by atoms with van der Waals surface area (Å²) < 4.78 is 28.0. The van der Waals surface area contributed by atoms with E-state index in [1.165, 1.54) is 0 Å². The van der Waals surface area contributed by atoms with Gasteiger partial charge in [-0.3, -0.25) is 9.48 Å². The van der Waals surface area contributed by atoms with E-state index in [-0.39, 0.29) is 18.7 Å². The van der Waals surface area contributed by atoms with Gasteiger partial charge in [0.05, 0.1) is 12.1 Å². The van der Waals surface area contributed by atoms with E-state index in [0.717, 1.165) is 10.4 Å². The van der Waals surface area contributed by atoms with Gasteiger partial charge in [0.2, 0.25) is 0 Å². The first-order valence-electron chi connectivity index (χ1n) is 7.33. The van der Waals surface area contributed by atoms with Crippen LogP contribution >= 0.6 is 0 Å². The Morgan fingerprint density at radius 2 is 2.26 bits per heavy atom. The molecule has 2 aromatic rings. The second-order valence-electron chi connectivity index (χ2n) is 5.51. The molecule has 1 fully saturated rings. The van der Waals surface area contributed by atoms with Gasteiger partial charge in [-0.05, 0) is 25.1 Å². The average Bonchev–Trinajstić information content (AvgIpc) is 3.06. The van der Waals surface area contributed by atoms with Crippen molar-refractivity contribution in [3.63, 3.8) is 0 Å². The highest BCUT2D eigenvalue weighted by Crippen LogP contribution is 2.28. The number of rotatable bonds is 3. The number of nitrogens with one attached hydrogen (secondary N) is 1. The summed E-state index contributed by atoms with van der Waals surface area (Å²) in [4.78, 5) is 24.2. The molecule has 0 aliphatic carbocycles. The largest absolute Gasteiger partial charge is 0.322 e. The Labute approximate surface area is 131 Å². The lowest BCUT2D eigenvalue weighted by Crippen LogP contribution is -2.34. The molecule has 2 heterocycles. The number of fused-ring (bicyclic) bond motifs is 1. The van der Waals surface area contributed by atoms with E-state index < -0.39 is 18.5 Å². The fourth-order valence-corrected chi connectivity index (χ4v) is 2.72. The maximum Gasteiger partial charge on any atom is 0.322 e. The normalized spacial score (nSPS) is 16.7. The molecule has 0 atom stereocenters. The van der Waals surface area contributed by atoms with Crippen molar-refractivity contribution < 1.29 is 18.4 Å². The highest BCUT2D eigenvalue weighted by molar-refractivity contribution is 5.99. The predicted octanol–water partition coefficient (Wildman–Crippen LogP) is 2.74. The van der Waals surface area contributed by atoms with E-state index in [0.29, 0.717) is 23.9 Å². The number of anilines is 1. The number of likely N-dealkylation sites (tertiary alicyclic amines) is 1. The van der Waals surface area contributed by atoms with Crippen LogP contribution in [0.4, 0.5) is 19.3 Å². The standard InChI is InChI=1S/C15H16F2N4O2/c1-2-21-13-4-3-10(7-11(13)12(8-22)19-21)18-14(23)20-6-5-15(16,17)9-20/h3-4,7-8H,2,5-6,9H2,1H3,(H,18,23). The molecule has 0 radical (unpaired) electrons. The van der Waals surface area contributed by atoms with E-state index in [9.17, 15) is 18.4 Å². The Morgan fingerprint density at radius 3 is 2.87 bits per heavy atom. The molecule has 0 bridgehead atoms. The maximum absolute atomic E-state index is 13.2. The van der Waals surface area contributed by atoms with Crippen LogP contribution in [0, 0.1) is 0 Å². The molecule has 1 aromatic carbocycles. The van der Waals surface area contributed by atoms with Gasteiger partial charge in [-0.15, -0.1) is 0 Å². The fourth-order valence-electron chi connectivity index (χ4n) is 2.72. The smallest absolute Gasteiger partial charge is 0.318 e. The average molecular weight is 322 g/mol. The van der Waals surface area contributed by atoms with Gasteiger partial charge < -0.3 is 10.2 Å². The van der Waals surface area contributed by atoms with E-state index >= 15 is 0 Å². The minimum atomic E-state index is -2.83. The first-order valence-corrected chi connectivity index (χ1v) is 7.33. The van der Waals surface area contributed by atoms with Gasteiger partial charge in [0, 0.05) is 30.6 Å². The molecule has 2 amide bonds. The van der Waals surface area contributed by atoms with Gasteiger partial charge >= 0.3 is 6.03 Å². The van der Waals surface area contributed by atoms with Crippen molar-refractivity contribution in [2.45, 2.75) is 25.8 Å². The van der Waals surface area contributed by atoms with E-state index in [2.05, 4.69) is 10.4 Å². The maximum atomic E-state index is 13.2. The Balaban J connectivity index is 1.83. The minimum Gasteiger partial charge on any atom is -0.318 e. The quantitative estimate of drug-likeness (QED) is 0.884. The molecule has 0 spiro atoms. The molecule has 3 rings (SSSR count). The number of alkyl halides is 2. The SMILES string of the molecule is CCn1nc(C=O)c2cc(NC(=O)N3CCC(F)(F)C3)ccc21. The third-order valence-corrected chi connectivity index (χ3v) is 3.90. The molecule has 1 N–H and O–H groups in total. The van der Waals surface area contributed by atoms with Crippen LogP contribution in [0.3, 0.4) is 0 Å². The molecule has 1 aliphatic heterocycles. The highest BCUT2D eigenvalue weighted by Gasteiger charge is 2.40. The van der Waals surface area contributed by atoms with Gasteiger partial charge in [-0.2, -0.15) is 5.10 Å². The first-order chi connectivity index (χ1) is 10.9. The Morgan fingerprint density at radius 1 is 1.48 bits per heavy atom. The predicted molar refractivity (Wildman–Crippen MR) is 81.0 cm³/mol.